The second-order valence-electron chi connectivity index (χ2n) is 5.67. The molecule has 0 fully saturated rings. The summed E-state index contributed by atoms with van der Waals surface area (Å²) in [5.74, 6) is 0.911. The van der Waals surface area contributed by atoms with Crippen molar-refractivity contribution in [1.82, 2.24) is 5.06 Å². The first-order valence-corrected chi connectivity index (χ1v) is 8.37. The molecule has 2 rings (SSSR count). The van der Waals surface area contributed by atoms with Gasteiger partial charge >= 0.3 is 0 Å². The van der Waals surface area contributed by atoms with Crippen molar-refractivity contribution in [3.05, 3.63) is 66.2 Å². The molecule has 118 valence electrons. The summed E-state index contributed by atoms with van der Waals surface area (Å²) in [6, 6.07) is 21.1. The molecule has 2 heteroatoms. The second-order valence-corrected chi connectivity index (χ2v) is 5.67. The Morgan fingerprint density at radius 2 is 1.55 bits per heavy atom. The average Bonchev–Trinajstić information content (AvgIpc) is 2.57. The fourth-order valence-electron chi connectivity index (χ4n) is 2.61. The zero-order valence-electron chi connectivity index (χ0n) is 13.7. The molecule has 0 radical (unpaired) electrons. The van der Waals surface area contributed by atoms with Gasteiger partial charge in [-0.15, -0.1) is 5.06 Å². The highest BCUT2D eigenvalue weighted by atomic mass is 16.7. The Morgan fingerprint density at radius 1 is 0.909 bits per heavy atom. The summed E-state index contributed by atoms with van der Waals surface area (Å²) in [6.45, 7) is 5.30. The molecule has 2 aromatic carbocycles. The van der Waals surface area contributed by atoms with Crippen molar-refractivity contribution >= 4 is 0 Å². The van der Waals surface area contributed by atoms with Gasteiger partial charge in [0.15, 0.2) is 0 Å². The summed E-state index contributed by atoms with van der Waals surface area (Å²) < 4.78 is 0. The Hall–Kier alpha value is -1.80. The maximum absolute atomic E-state index is 6.20. The molecule has 1 unspecified atom stereocenters. The number of nitrogens with zero attached hydrogens (tertiary/aromatic N) is 1. The summed E-state index contributed by atoms with van der Waals surface area (Å²) in [5.41, 5.74) is 1.29. The quantitative estimate of drug-likeness (QED) is 0.570. The van der Waals surface area contributed by atoms with Gasteiger partial charge in [-0.25, -0.2) is 0 Å². The maximum atomic E-state index is 6.20. The van der Waals surface area contributed by atoms with Crippen LogP contribution in [0.15, 0.2) is 60.7 Å². The molecule has 0 aliphatic carbocycles. The van der Waals surface area contributed by atoms with E-state index in [9.17, 15) is 0 Å². The SMILES string of the molecule is CCCCC(CC)N(Cc1ccccc1)Oc1ccccc1. The first-order chi connectivity index (χ1) is 10.8. The van der Waals surface area contributed by atoms with Gasteiger partial charge in [0.25, 0.3) is 0 Å². The minimum Gasteiger partial charge on any atom is -0.405 e. The van der Waals surface area contributed by atoms with Gasteiger partial charge in [-0.3, -0.25) is 0 Å². The van der Waals surface area contributed by atoms with Crippen LogP contribution in [0.2, 0.25) is 0 Å². The molecule has 0 amide bonds. The lowest BCUT2D eigenvalue weighted by molar-refractivity contribution is -0.108. The number of rotatable bonds is 9. The third kappa shape index (κ3) is 5.19. The van der Waals surface area contributed by atoms with Crippen molar-refractivity contribution in [3.8, 4) is 5.75 Å². The van der Waals surface area contributed by atoms with E-state index < -0.39 is 0 Å². The number of hydrogen-bond acceptors (Lipinski definition) is 2. The number of hydrogen-bond donors (Lipinski definition) is 0. The Kier molecular flexibility index (Phi) is 6.98. The fourth-order valence-corrected chi connectivity index (χ4v) is 2.61. The molecule has 0 bridgehead atoms. The Morgan fingerprint density at radius 3 is 2.14 bits per heavy atom. The van der Waals surface area contributed by atoms with E-state index in [0.29, 0.717) is 6.04 Å². The summed E-state index contributed by atoms with van der Waals surface area (Å²) >= 11 is 0. The van der Waals surface area contributed by atoms with Crippen LogP contribution < -0.4 is 4.84 Å². The Balaban J connectivity index is 2.11. The molecular formula is C20H27NO. The van der Waals surface area contributed by atoms with Gasteiger partial charge in [0.05, 0.1) is 6.54 Å². The molecule has 0 aliphatic rings. The topological polar surface area (TPSA) is 12.5 Å². The highest BCUT2D eigenvalue weighted by Gasteiger charge is 2.19. The lowest BCUT2D eigenvalue weighted by Gasteiger charge is -2.30. The second kappa shape index (κ2) is 9.26. The van der Waals surface area contributed by atoms with Crippen LogP contribution >= 0.6 is 0 Å². The summed E-state index contributed by atoms with van der Waals surface area (Å²) in [6.07, 6.45) is 4.73. The molecule has 0 heterocycles. The van der Waals surface area contributed by atoms with Gasteiger partial charge < -0.3 is 4.84 Å². The first kappa shape index (κ1) is 16.6. The van der Waals surface area contributed by atoms with E-state index in [-0.39, 0.29) is 0 Å². The highest BCUT2D eigenvalue weighted by Crippen LogP contribution is 2.20. The van der Waals surface area contributed by atoms with Gasteiger partial charge in [0.1, 0.15) is 5.75 Å². The Labute approximate surface area is 134 Å². The van der Waals surface area contributed by atoms with Crippen LogP contribution in [0.1, 0.15) is 45.1 Å². The molecule has 0 aliphatic heterocycles. The third-order valence-electron chi connectivity index (χ3n) is 3.92. The summed E-state index contributed by atoms with van der Waals surface area (Å²) in [7, 11) is 0. The zero-order chi connectivity index (χ0) is 15.6. The normalized spacial score (nSPS) is 12.3. The minimum absolute atomic E-state index is 0.445. The van der Waals surface area contributed by atoms with Crippen molar-refractivity contribution < 1.29 is 4.84 Å². The van der Waals surface area contributed by atoms with Crippen LogP contribution in [-0.4, -0.2) is 11.1 Å². The lowest BCUT2D eigenvalue weighted by atomic mass is 10.1. The molecule has 0 N–H and O–H groups in total. The van der Waals surface area contributed by atoms with Crippen LogP contribution in [0.3, 0.4) is 0 Å². The molecule has 2 aromatic rings. The maximum Gasteiger partial charge on any atom is 0.147 e. The number of para-hydroxylation sites is 1. The number of benzene rings is 2. The van der Waals surface area contributed by atoms with Crippen molar-refractivity contribution in [2.45, 2.75) is 52.1 Å². The van der Waals surface area contributed by atoms with Crippen molar-refractivity contribution in [1.29, 1.82) is 0 Å². The average molecular weight is 297 g/mol. The van der Waals surface area contributed by atoms with Gasteiger partial charge in [-0.05, 0) is 30.5 Å². The monoisotopic (exact) mass is 297 g/mol. The number of unbranched alkanes of at least 4 members (excludes halogenated alkanes) is 1. The van der Waals surface area contributed by atoms with Gasteiger partial charge in [-0.1, -0.05) is 75.2 Å². The molecule has 2 nitrogen and oxygen atoms in total. The van der Waals surface area contributed by atoms with Gasteiger partial charge in [0.2, 0.25) is 0 Å². The standard InChI is InChI=1S/C20H27NO/c1-3-5-14-19(4-2)21(17-18-12-8-6-9-13-18)22-20-15-10-7-11-16-20/h6-13,15-16,19H,3-5,14,17H2,1-2H3. The fraction of sp³-hybridized carbons (Fsp3) is 0.400. The molecule has 0 saturated heterocycles. The number of hydroxylamine groups is 2. The van der Waals surface area contributed by atoms with E-state index in [1.165, 1.54) is 24.8 Å². The smallest absolute Gasteiger partial charge is 0.147 e. The summed E-state index contributed by atoms with van der Waals surface area (Å²) in [4.78, 5) is 6.20. The summed E-state index contributed by atoms with van der Waals surface area (Å²) in [5, 5.41) is 2.15. The van der Waals surface area contributed by atoms with Crippen LogP contribution in [0.5, 0.6) is 5.75 Å². The molecule has 1 atom stereocenters. The predicted octanol–water partition coefficient (Wildman–Crippen LogP) is 5.45. The van der Waals surface area contributed by atoms with Crippen molar-refractivity contribution in [2.24, 2.45) is 0 Å². The van der Waals surface area contributed by atoms with E-state index in [1.807, 2.05) is 30.3 Å². The predicted molar refractivity (Wildman–Crippen MR) is 92.7 cm³/mol. The molecule has 0 spiro atoms. The van der Waals surface area contributed by atoms with Crippen molar-refractivity contribution in [3.63, 3.8) is 0 Å². The van der Waals surface area contributed by atoms with E-state index >= 15 is 0 Å². The van der Waals surface area contributed by atoms with E-state index in [4.69, 9.17) is 4.84 Å². The molecule has 0 aromatic heterocycles. The van der Waals surface area contributed by atoms with Crippen LogP contribution in [0.25, 0.3) is 0 Å². The van der Waals surface area contributed by atoms with Gasteiger partial charge in [-0.2, -0.15) is 0 Å². The first-order valence-electron chi connectivity index (χ1n) is 8.37. The van der Waals surface area contributed by atoms with E-state index in [1.54, 1.807) is 0 Å². The van der Waals surface area contributed by atoms with Crippen LogP contribution in [0, 0.1) is 0 Å². The highest BCUT2D eigenvalue weighted by molar-refractivity contribution is 5.21. The largest absolute Gasteiger partial charge is 0.405 e. The molecule has 0 saturated carbocycles. The third-order valence-corrected chi connectivity index (χ3v) is 3.92. The van der Waals surface area contributed by atoms with Crippen molar-refractivity contribution in [2.75, 3.05) is 0 Å². The van der Waals surface area contributed by atoms with E-state index in [0.717, 1.165) is 18.7 Å². The minimum atomic E-state index is 0.445. The van der Waals surface area contributed by atoms with Crippen LogP contribution in [-0.2, 0) is 6.54 Å². The van der Waals surface area contributed by atoms with Gasteiger partial charge in [0, 0.05) is 6.04 Å². The molecule has 22 heavy (non-hydrogen) atoms. The lowest BCUT2D eigenvalue weighted by Crippen LogP contribution is -2.37. The van der Waals surface area contributed by atoms with E-state index in [2.05, 4.69) is 49.2 Å². The molecular weight excluding hydrogens is 270 g/mol. The Bertz CT molecular complexity index is 470. The van der Waals surface area contributed by atoms with Crippen LogP contribution in [0.4, 0.5) is 0 Å². The zero-order valence-corrected chi connectivity index (χ0v) is 13.7.